The summed E-state index contributed by atoms with van der Waals surface area (Å²) in [7, 11) is 1.64. The SMILES string of the molecule is CCCN1CCC(Oc2cc(OC)ccc2C(=O)N2CCCC2)CC1. The highest BCUT2D eigenvalue weighted by Gasteiger charge is 2.26. The molecule has 2 fully saturated rings. The van der Waals surface area contributed by atoms with Gasteiger partial charge in [-0.3, -0.25) is 4.79 Å². The lowest BCUT2D eigenvalue weighted by Crippen LogP contribution is -2.38. The zero-order valence-electron chi connectivity index (χ0n) is 15.5. The lowest BCUT2D eigenvalue weighted by atomic mass is 10.1. The van der Waals surface area contributed by atoms with E-state index >= 15 is 0 Å². The second-order valence-corrected chi connectivity index (χ2v) is 7.02. The Kier molecular flexibility index (Phi) is 6.19. The number of amides is 1. The number of benzene rings is 1. The van der Waals surface area contributed by atoms with Crippen LogP contribution in [0.25, 0.3) is 0 Å². The van der Waals surface area contributed by atoms with Crippen LogP contribution in [-0.2, 0) is 0 Å². The third kappa shape index (κ3) is 4.46. The Morgan fingerprint density at radius 1 is 1.16 bits per heavy atom. The van der Waals surface area contributed by atoms with E-state index in [4.69, 9.17) is 9.47 Å². The van der Waals surface area contributed by atoms with Crippen molar-refractivity contribution in [2.45, 2.75) is 45.1 Å². The Balaban J connectivity index is 1.71. The van der Waals surface area contributed by atoms with Crippen LogP contribution in [0.4, 0.5) is 0 Å². The lowest BCUT2D eigenvalue weighted by Gasteiger charge is -2.32. The highest BCUT2D eigenvalue weighted by molar-refractivity contribution is 5.97. The van der Waals surface area contributed by atoms with Crippen LogP contribution in [-0.4, -0.2) is 61.6 Å². The molecular formula is C20H30N2O3. The number of hydrogen-bond donors (Lipinski definition) is 0. The second kappa shape index (κ2) is 8.56. The first kappa shape index (κ1) is 18.1. The van der Waals surface area contributed by atoms with E-state index < -0.39 is 0 Å². The molecule has 0 aliphatic carbocycles. The number of hydrogen-bond acceptors (Lipinski definition) is 4. The topological polar surface area (TPSA) is 42.0 Å². The molecule has 138 valence electrons. The zero-order valence-corrected chi connectivity index (χ0v) is 15.5. The molecule has 1 aromatic rings. The monoisotopic (exact) mass is 346 g/mol. The number of piperidine rings is 1. The van der Waals surface area contributed by atoms with Gasteiger partial charge in [0.15, 0.2) is 0 Å². The molecule has 1 aromatic carbocycles. The summed E-state index contributed by atoms with van der Waals surface area (Å²) in [6.07, 6.45) is 5.56. The molecule has 2 aliphatic heterocycles. The van der Waals surface area contributed by atoms with Crippen LogP contribution in [0.15, 0.2) is 18.2 Å². The Morgan fingerprint density at radius 3 is 2.52 bits per heavy atom. The van der Waals surface area contributed by atoms with E-state index in [0.29, 0.717) is 11.3 Å². The molecule has 25 heavy (non-hydrogen) atoms. The van der Waals surface area contributed by atoms with Crippen LogP contribution < -0.4 is 9.47 Å². The molecule has 0 bridgehead atoms. The average Bonchev–Trinajstić information content (AvgIpc) is 3.18. The van der Waals surface area contributed by atoms with Crippen LogP contribution in [0.3, 0.4) is 0 Å². The number of likely N-dealkylation sites (tertiary alicyclic amines) is 2. The van der Waals surface area contributed by atoms with E-state index in [9.17, 15) is 4.79 Å². The van der Waals surface area contributed by atoms with Crippen LogP contribution in [0, 0.1) is 0 Å². The van der Waals surface area contributed by atoms with Crippen molar-refractivity contribution in [3.63, 3.8) is 0 Å². The van der Waals surface area contributed by atoms with Gasteiger partial charge in [0, 0.05) is 32.2 Å². The fourth-order valence-electron chi connectivity index (χ4n) is 3.74. The van der Waals surface area contributed by atoms with Gasteiger partial charge in [0.25, 0.3) is 5.91 Å². The van der Waals surface area contributed by atoms with Gasteiger partial charge in [0.1, 0.15) is 17.6 Å². The van der Waals surface area contributed by atoms with E-state index in [2.05, 4.69) is 11.8 Å². The normalized spacial score (nSPS) is 19.2. The van der Waals surface area contributed by atoms with Gasteiger partial charge in [-0.25, -0.2) is 0 Å². The first-order valence-electron chi connectivity index (χ1n) is 9.57. The number of ether oxygens (including phenoxy) is 2. The fourth-order valence-corrected chi connectivity index (χ4v) is 3.74. The van der Waals surface area contributed by atoms with Crippen molar-refractivity contribution in [1.29, 1.82) is 0 Å². The van der Waals surface area contributed by atoms with Gasteiger partial charge in [-0.15, -0.1) is 0 Å². The third-order valence-corrected chi connectivity index (χ3v) is 5.18. The van der Waals surface area contributed by atoms with Crippen molar-refractivity contribution in [3.8, 4) is 11.5 Å². The maximum absolute atomic E-state index is 12.8. The van der Waals surface area contributed by atoms with E-state index in [1.54, 1.807) is 7.11 Å². The number of carbonyl (C=O) groups excluding carboxylic acids is 1. The van der Waals surface area contributed by atoms with E-state index in [0.717, 1.165) is 64.2 Å². The van der Waals surface area contributed by atoms with Gasteiger partial charge in [-0.1, -0.05) is 6.92 Å². The summed E-state index contributed by atoms with van der Waals surface area (Å²) in [4.78, 5) is 17.3. The van der Waals surface area contributed by atoms with E-state index in [-0.39, 0.29) is 12.0 Å². The molecule has 2 aliphatic rings. The van der Waals surface area contributed by atoms with Gasteiger partial charge in [0.05, 0.1) is 12.7 Å². The first-order valence-corrected chi connectivity index (χ1v) is 9.57. The maximum atomic E-state index is 12.8. The predicted molar refractivity (Wildman–Crippen MR) is 98.5 cm³/mol. The Bertz CT molecular complexity index is 576. The van der Waals surface area contributed by atoms with Crippen molar-refractivity contribution in [1.82, 2.24) is 9.80 Å². The number of nitrogens with zero attached hydrogens (tertiary/aromatic N) is 2. The van der Waals surface area contributed by atoms with Crippen molar-refractivity contribution >= 4 is 5.91 Å². The molecule has 0 radical (unpaired) electrons. The minimum absolute atomic E-state index is 0.0820. The molecule has 2 heterocycles. The molecule has 5 heteroatoms. The molecule has 0 unspecified atom stereocenters. The minimum atomic E-state index is 0.0820. The number of rotatable bonds is 6. The summed E-state index contributed by atoms with van der Waals surface area (Å²) in [6.45, 7) is 7.20. The second-order valence-electron chi connectivity index (χ2n) is 7.02. The number of methoxy groups -OCH3 is 1. The third-order valence-electron chi connectivity index (χ3n) is 5.18. The quantitative estimate of drug-likeness (QED) is 0.793. The van der Waals surface area contributed by atoms with Crippen LogP contribution >= 0.6 is 0 Å². The van der Waals surface area contributed by atoms with Crippen LogP contribution in [0.2, 0.25) is 0 Å². The van der Waals surface area contributed by atoms with E-state index in [1.807, 2.05) is 23.1 Å². The lowest BCUT2D eigenvalue weighted by molar-refractivity contribution is 0.0768. The molecule has 5 nitrogen and oxygen atoms in total. The first-order chi connectivity index (χ1) is 12.2. The van der Waals surface area contributed by atoms with Gasteiger partial charge in [0.2, 0.25) is 0 Å². The minimum Gasteiger partial charge on any atom is -0.497 e. The van der Waals surface area contributed by atoms with Crippen molar-refractivity contribution in [3.05, 3.63) is 23.8 Å². The average molecular weight is 346 g/mol. The Morgan fingerprint density at radius 2 is 1.88 bits per heavy atom. The Labute approximate surface area is 150 Å². The summed E-state index contributed by atoms with van der Waals surface area (Å²) in [5.41, 5.74) is 0.665. The molecule has 0 N–H and O–H groups in total. The molecule has 1 amide bonds. The standard InChI is InChI=1S/C20H30N2O3/c1-3-10-21-13-8-16(9-14-21)25-19-15-17(24-2)6-7-18(19)20(23)22-11-4-5-12-22/h6-7,15-16H,3-5,8-14H2,1-2H3. The summed E-state index contributed by atoms with van der Waals surface area (Å²) in [5.74, 6) is 1.49. The number of carbonyl (C=O) groups is 1. The summed E-state index contributed by atoms with van der Waals surface area (Å²) in [5, 5.41) is 0. The maximum Gasteiger partial charge on any atom is 0.257 e. The fraction of sp³-hybridized carbons (Fsp3) is 0.650. The van der Waals surface area contributed by atoms with Crippen LogP contribution in [0.1, 0.15) is 49.4 Å². The van der Waals surface area contributed by atoms with Gasteiger partial charge < -0.3 is 19.3 Å². The van der Waals surface area contributed by atoms with Crippen molar-refractivity contribution in [2.75, 3.05) is 39.8 Å². The molecular weight excluding hydrogens is 316 g/mol. The van der Waals surface area contributed by atoms with Gasteiger partial charge >= 0.3 is 0 Å². The highest BCUT2D eigenvalue weighted by Crippen LogP contribution is 2.29. The van der Waals surface area contributed by atoms with Gasteiger partial charge in [-0.2, -0.15) is 0 Å². The summed E-state index contributed by atoms with van der Waals surface area (Å²) >= 11 is 0. The van der Waals surface area contributed by atoms with E-state index in [1.165, 1.54) is 6.42 Å². The van der Waals surface area contributed by atoms with Gasteiger partial charge in [-0.05, 0) is 50.8 Å². The molecule has 0 saturated carbocycles. The zero-order chi connectivity index (χ0) is 17.6. The smallest absolute Gasteiger partial charge is 0.257 e. The van der Waals surface area contributed by atoms with Crippen molar-refractivity contribution in [2.24, 2.45) is 0 Å². The molecule has 0 spiro atoms. The molecule has 2 saturated heterocycles. The summed E-state index contributed by atoms with van der Waals surface area (Å²) in [6, 6.07) is 5.56. The highest BCUT2D eigenvalue weighted by atomic mass is 16.5. The van der Waals surface area contributed by atoms with Crippen molar-refractivity contribution < 1.29 is 14.3 Å². The molecule has 3 rings (SSSR count). The molecule has 0 atom stereocenters. The molecule has 0 aromatic heterocycles. The predicted octanol–water partition coefficient (Wildman–Crippen LogP) is 3.18. The Hall–Kier alpha value is -1.75. The summed E-state index contributed by atoms with van der Waals surface area (Å²) < 4.78 is 11.6. The van der Waals surface area contributed by atoms with Crippen LogP contribution in [0.5, 0.6) is 11.5 Å². The largest absolute Gasteiger partial charge is 0.497 e.